The number of hydrogen-bond acceptors (Lipinski definition) is 8. The molecule has 326 valence electrons. The van der Waals surface area contributed by atoms with Crippen LogP contribution in [-0.2, 0) is 27.4 Å². The van der Waals surface area contributed by atoms with Gasteiger partial charge in [0.15, 0.2) is 0 Å². The molecule has 5 amide bonds. The Morgan fingerprint density at radius 2 is 1.55 bits per heavy atom. The molecule has 3 aliphatic heterocycles. The number of amides is 5. The fourth-order valence-electron chi connectivity index (χ4n) is 8.01. The Bertz CT molecular complexity index is 2440. The molecule has 2 saturated heterocycles. The summed E-state index contributed by atoms with van der Waals surface area (Å²) in [6, 6.07) is 14.7. The van der Waals surface area contributed by atoms with Crippen molar-refractivity contribution < 1.29 is 42.9 Å². The van der Waals surface area contributed by atoms with Gasteiger partial charge in [-0.25, -0.2) is 14.0 Å². The first-order valence-corrected chi connectivity index (χ1v) is 21.0. The standard InChI is InChI=1S/C45H47Cl2FN6O8/c1-45(2,3)62-44(60)53(22-28-9-12-37(55)50-28)17-16-52-21-27-18-25(8-11-31(27)42(52)57)41-40(47)33(14-15-49-41)32-7-5-6-30(39(32)46)26-19-35(48)34(36(20-26)61-4)24-54(43(58)59)23-29-10-13-38(56)51-29/h5-8,11,14-15,18-20,28-29H,9-10,12-13,16-17,21-24H2,1-4H3,(H,50,55)(H,51,56)(H,58,59). The molecule has 2 atom stereocenters. The Labute approximate surface area is 368 Å². The number of methoxy groups -OCH3 is 1. The minimum Gasteiger partial charge on any atom is -0.496 e. The summed E-state index contributed by atoms with van der Waals surface area (Å²) in [4.78, 5) is 71.3. The molecular weight excluding hydrogens is 842 g/mol. The van der Waals surface area contributed by atoms with Crippen molar-refractivity contribution in [1.82, 2.24) is 30.3 Å². The summed E-state index contributed by atoms with van der Waals surface area (Å²) in [7, 11) is 1.37. The third-order valence-corrected chi connectivity index (χ3v) is 11.9. The van der Waals surface area contributed by atoms with Gasteiger partial charge in [-0.3, -0.25) is 19.4 Å². The van der Waals surface area contributed by atoms with E-state index in [2.05, 4.69) is 15.6 Å². The minimum atomic E-state index is -1.26. The number of hydrogen-bond donors (Lipinski definition) is 3. The average molecular weight is 890 g/mol. The van der Waals surface area contributed by atoms with Crippen molar-refractivity contribution in [2.45, 2.75) is 77.2 Å². The van der Waals surface area contributed by atoms with Crippen LogP contribution in [0.3, 0.4) is 0 Å². The second-order valence-corrected chi connectivity index (χ2v) is 17.4. The number of nitrogens with zero attached hydrogens (tertiary/aromatic N) is 4. The maximum atomic E-state index is 15.9. The topological polar surface area (TPSA) is 171 Å². The van der Waals surface area contributed by atoms with Gasteiger partial charge in [0.05, 0.1) is 29.4 Å². The van der Waals surface area contributed by atoms with Gasteiger partial charge in [-0.15, -0.1) is 0 Å². The molecule has 2 fully saturated rings. The van der Waals surface area contributed by atoms with Crippen molar-refractivity contribution in [1.29, 1.82) is 0 Å². The highest BCUT2D eigenvalue weighted by Crippen LogP contribution is 2.43. The highest BCUT2D eigenvalue weighted by atomic mass is 35.5. The van der Waals surface area contributed by atoms with Crippen molar-refractivity contribution in [3.63, 3.8) is 0 Å². The maximum Gasteiger partial charge on any atom is 0.410 e. The van der Waals surface area contributed by atoms with Gasteiger partial charge in [0, 0.05) is 97.2 Å². The molecule has 0 aliphatic carbocycles. The van der Waals surface area contributed by atoms with E-state index >= 15 is 4.39 Å². The average Bonchev–Trinajstić information content (AvgIpc) is 3.92. The third-order valence-electron chi connectivity index (χ3n) is 11.1. The predicted molar refractivity (Wildman–Crippen MR) is 230 cm³/mol. The summed E-state index contributed by atoms with van der Waals surface area (Å²) in [5.41, 5.74) is 3.68. The molecule has 4 heterocycles. The molecule has 7 rings (SSSR count). The van der Waals surface area contributed by atoms with Gasteiger partial charge in [-0.2, -0.15) is 0 Å². The van der Waals surface area contributed by atoms with E-state index < -0.39 is 23.6 Å². The molecule has 0 spiro atoms. The van der Waals surface area contributed by atoms with Crippen LogP contribution in [0, 0.1) is 5.82 Å². The van der Waals surface area contributed by atoms with Gasteiger partial charge in [0.1, 0.15) is 17.2 Å². The molecule has 3 aromatic carbocycles. The van der Waals surface area contributed by atoms with Crippen LogP contribution in [-0.4, -0.2) is 106 Å². The highest BCUT2D eigenvalue weighted by molar-refractivity contribution is 6.39. The number of aromatic nitrogens is 1. The van der Waals surface area contributed by atoms with Crippen molar-refractivity contribution in [3.8, 4) is 39.3 Å². The van der Waals surface area contributed by atoms with Crippen LogP contribution in [0.2, 0.25) is 10.0 Å². The number of benzene rings is 3. The largest absolute Gasteiger partial charge is 0.496 e. The minimum absolute atomic E-state index is 0.00364. The van der Waals surface area contributed by atoms with Crippen LogP contribution < -0.4 is 15.4 Å². The summed E-state index contributed by atoms with van der Waals surface area (Å²) >= 11 is 14.2. The van der Waals surface area contributed by atoms with Gasteiger partial charge in [0.2, 0.25) is 11.8 Å². The Morgan fingerprint density at radius 3 is 2.18 bits per heavy atom. The number of carboxylic acid groups (broad SMARTS) is 1. The number of rotatable bonds is 13. The molecule has 0 saturated carbocycles. The van der Waals surface area contributed by atoms with E-state index in [4.69, 9.17) is 32.7 Å². The number of fused-ring (bicyclic) bond motifs is 1. The van der Waals surface area contributed by atoms with E-state index in [1.165, 1.54) is 18.1 Å². The molecule has 2 unspecified atom stereocenters. The number of pyridine rings is 1. The summed E-state index contributed by atoms with van der Waals surface area (Å²) in [5.74, 6) is -0.964. The third kappa shape index (κ3) is 9.74. The predicted octanol–water partition coefficient (Wildman–Crippen LogP) is 7.77. The molecule has 17 heteroatoms. The lowest BCUT2D eigenvalue weighted by atomic mass is 9.96. The Hall–Kier alpha value is -5.93. The highest BCUT2D eigenvalue weighted by Gasteiger charge is 2.33. The fraction of sp³-hybridized carbons (Fsp3) is 0.378. The zero-order valence-electron chi connectivity index (χ0n) is 34.7. The van der Waals surface area contributed by atoms with Crippen molar-refractivity contribution in [2.75, 3.05) is 33.3 Å². The molecular formula is C45H47Cl2FN6O8. The van der Waals surface area contributed by atoms with Gasteiger partial charge in [0.25, 0.3) is 5.91 Å². The lowest BCUT2D eigenvalue weighted by Crippen LogP contribution is -2.47. The van der Waals surface area contributed by atoms with Gasteiger partial charge in [-0.1, -0.05) is 47.5 Å². The Balaban J connectivity index is 1.10. The van der Waals surface area contributed by atoms with Crippen LogP contribution in [0.15, 0.2) is 60.8 Å². The monoisotopic (exact) mass is 888 g/mol. The van der Waals surface area contributed by atoms with E-state index in [-0.39, 0.29) is 78.9 Å². The SMILES string of the molecule is COc1cc(-c2cccc(-c3ccnc(-c4ccc5c(c4)CN(CCN(CC4CCC(=O)N4)C(=O)OC(C)(C)C)C5=O)c3Cl)c2Cl)cc(F)c1CN(CC1CCC(=O)N1)C(=O)O. The number of ether oxygens (including phenoxy) is 2. The number of carbonyl (C=O) groups is 5. The second-order valence-electron chi connectivity index (χ2n) is 16.6. The van der Waals surface area contributed by atoms with E-state index in [0.717, 1.165) is 10.5 Å². The van der Waals surface area contributed by atoms with Crippen LogP contribution in [0.4, 0.5) is 14.0 Å². The van der Waals surface area contributed by atoms with E-state index in [0.29, 0.717) is 76.3 Å². The molecule has 14 nitrogen and oxygen atoms in total. The first-order chi connectivity index (χ1) is 29.5. The normalized spacial score (nSPS) is 17.1. The molecule has 3 N–H and O–H groups in total. The second kappa shape index (κ2) is 18.2. The zero-order chi connectivity index (χ0) is 44.5. The quantitative estimate of drug-likeness (QED) is 0.121. The lowest BCUT2D eigenvalue weighted by molar-refractivity contribution is -0.120. The molecule has 1 aromatic heterocycles. The number of carbonyl (C=O) groups excluding carboxylic acids is 4. The van der Waals surface area contributed by atoms with Crippen LogP contribution >= 0.6 is 23.2 Å². The van der Waals surface area contributed by atoms with Gasteiger partial charge in [-0.05, 0) is 75.1 Å². The van der Waals surface area contributed by atoms with Crippen molar-refractivity contribution in [3.05, 3.63) is 93.3 Å². The van der Waals surface area contributed by atoms with Crippen molar-refractivity contribution >= 4 is 53.1 Å². The maximum absolute atomic E-state index is 15.9. The molecule has 3 aliphatic rings. The van der Waals surface area contributed by atoms with Crippen molar-refractivity contribution in [2.24, 2.45) is 0 Å². The smallest absolute Gasteiger partial charge is 0.410 e. The molecule has 0 bridgehead atoms. The molecule has 4 aromatic rings. The van der Waals surface area contributed by atoms with E-state index in [1.807, 2.05) is 6.07 Å². The van der Waals surface area contributed by atoms with Crippen LogP contribution in [0.25, 0.3) is 33.5 Å². The zero-order valence-corrected chi connectivity index (χ0v) is 36.2. The first kappa shape index (κ1) is 44.1. The van der Waals surface area contributed by atoms with E-state index in [9.17, 15) is 29.1 Å². The van der Waals surface area contributed by atoms with Gasteiger partial charge >= 0.3 is 12.2 Å². The summed E-state index contributed by atoms with van der Waals surface area (Å²) in [6.45, 7) is 6.05. The number of halogens is 3. The Morgan fingerprint density at radius 1 is 0.887 bits per heavy atom. The summed E-state index contributed by atoms with van der Waals surface area (Å²) in [5, 5.41) is 16.1. The Kier molecular flexibility index (Phi) is 13.0. The fourth-order valence-corrected chi connectivity index (χ4v) is 8.67. The first-order valence-electron chi connectivity index (χ1n) is 20.3. The molecule has 0 radical (unpaired) electrons. The molecule has 62 heavy (non-hydrogen) atoms. The summed E-state index contributed by atoms with van der Waals surface area (Å²) in [6.07, 6.45) is 1.61. The summed E-state index contributed by atoms with van der Waals surface area (Å²) < 4.78 is 27.1. The number of nitrogens with one attached hydrogen (secondary N) is 2. The lowest BCUT2D eigenvalue weighted by Gasteiger charge is -2.30. The van der Waals surface area contributed by atoms with Crippen LogP contribution in [0.1, 0.15) is 67.9 Å². The van der Waals surface area contributed by atoms with Gasteiger partial charge < -0.3 is 39.9 Å². The van der Waals surface area contributed by atoms with E-state index in [1.54, 1.807) is 74.3 Å². The van der Waals surface area contributed by atoms with Crippen LogP contribution in [0.5, 0.6) is 5.75 Å².